The normalized spacial score (nSPS) is 31.2. The summed E-state index contributed by atoms with van der Waals surface area (Å²) in [7, 11) is 0. The lowest BCUT2D eigenvalue weighted by Crippen LogP contribution is -2.26. The van der Waals surface area contributed by atoms with E-state index in [1.807, 2.05) is 0 Å². The van der Waals surface area contributed by atoms with E-state index in [4.69, 9.17) is 5.73 Å². The van der Waals surface area contributed by atoms with E-state index in [0.29, 0.717) is 6.04 Å². The molecular weight excluding hydrogens is 158 g/mol. The number of hydrogen-bond donors (Lipinski definition) is 1. The predicted molar refractivity (Wildman–Crippen MR) is 58.5 cm³/mol. The monoisotopic (exact) mass is 181 g/mol. The van der Waals surface area contributed by atoms with Crippen molar-refractivity contribution in [1.29, 1.82) is 0 Å². The third-order valence-corrected chi connectivity index (χ3v) is 3.04. The Bertz CT molecular complexity index is 184. The Hall–Kier alpha value is -0.300. The van der Waals surface area contributed by atoms with Gasteiger partial charge in [0.15, 0.2) is 0 Å². The molecule has 1 heteroatoms. The zero-order chi connectivity index (χ0) is 9.84. The lowest BCUT2D eigenvalue weighted by Gasteiger charge is -2.27. The van der Waals surface area contributed by atoms with E-state index in [1.165, 1.54) is 25.7 Å². The molecule has 0 saturated heterocycles. The molecule has 0 amide bonds. The number of nitrogens with two attached hydrogens (primary N) is 1. The molecule has 1 aliphatic carbocycles. The molecule has 76 valence electrons. The Morgan fingerprint density at radius 2 is 2.31 bits per heavy atom. The summed E-state index contributed by atoms with van der Waals surface area (Å²) in [6.45, 7) is 6.90. The largest absolute Gasteiger partial charge is 0.324 e. The molecule has 0 fully saturated rings. The van der Waals surface area contributed by atoms with E-state index in [9.17, 15) is 0 Å². The fourth-order valence-electron chi connectivity index (χ4n) is 2.35. The molecule has 13 heavy (non-hydrogen) atoms. The van der Waals surface area contributed by atoms with Gasteiger partial charge in [0, 0.05) is 6.04 Å². The molecule has 0 spiro atoms. The first-order valence-electron chi connectivity index (χ1n) is 5.59. The van der Waals surface area contributed by atoms with Crippen molar-refractivity contribution in [3.05, 3.63) is 11.6 Å². The van der Waals surface area contributed by atoms with Gasteiger partial charge < -0.3 is 5.73 Å². The highest BCUT2D eigenvalue weighted by Crippen LogP contribution is 2.29. The van der Waals surface area contributed by atoms with Crippen LogP contribution in [0.25, 0.3) is 0 Å². The third-order valence-electron chi connectivity index (χ3n) is 3.04. The minimum atomic E-state index is 0.318. The van der Waals surface area contributed by atoms with E-state index in [1.54, 1.807) is 5.57 Å². The van der Waals surface area contributed by atoms with Crippen molar-refractivity contribution in [1.82, 2.24) is 0 Å². The van der Waals surface area contributed by atoms with Crippen molar-refractivity contribution in [3.8, 4) is 0 Å². The molecule has 0 radical (unpaired) electrons. The summed E-state index contributed by atoms with van der Waals surface area (Å²) in [6, 6.07) is 0.318. The fraction of sp³-hybridized carbons (Fsp3) is 0.833. The summed E-state index contributed by atoms with van der Waals surface area (Å²) < 4.78 is 0. The number of allylic oxidation sites excluding steroid dienone is 1. The van der Waals surface area contributed by atoms with Crippen molar-refractivity contribution >= 4 is 0 Å². The highest BCUT2D eigenvalue weighted by atomic mass is 14.6. The van der Waals surface area contributed by atoms with Crippen LogP contribution in [0, 0.1) is 11.8 Å². The lowest BCUT2D eigenvalue weighted by atomic mass is 9.81. The van der Waals surface area contributed by atoms with Crippen LogP contribution in [0.1, 0.15) is 46.5 Å². The molecule has 0 aromatic rings. The van der Waals surface area contributed by atoms with Gasteiger partial charge >= 0.3 is 0 Å². The minimum Gasteiger partial charge on any atom is -0.324 e. The van der Waals surface area contributed by atoms with Gasteiger partial charge in [0.2, 0.25) is 0 Å². The third kappa shape index (κ3) is 3.15. The Kier molecular flexibility index (Phi) is 3.98. The Balaban J connectivity index is 2.57. The molecule has 3 atom stereocenters. The Labute approximate surface area is 82.4 Å². The molecule has 0 heterocycles. The van der Waals surface area contributed by atoms with Crippen LogP contribution in [0.3, 0.4) is 0 Å². The summed E-state index contributed by atoms with van der Waals surface area (Å²) in [5.41, 5.74) is 7.58. The van der Waals surface area contributed by atoms with Gasteiger partial charge in [-0.25, -0.2) is 0 Å². The van der Waals surface area contributed by atoms with Crippen molar-refractivity contribution in [2.75, 3.05) is 0 Å². The van der Waals surface area contributed by atoms with Crippen LogP contribution < -0.4 is 5.73 Å². The highest BCUT2D eigenvalue weighted by molar-refractivity contribution is 5.13. The molecular formula is C12H23N. The van der Waals surface area contributed by atoms with Crippen LogP contribution in [0.5, 0.6) is 0 Å². The van der Waals surface area contributed by atoms with Gasteiger partial charge in [-0.05, 0) is 31.1 Å². The summed E-state index contributed by atoms with van der Waals surface area (Å²) in [5.74, 6) is 1.54. The van der Waals surface area contributed by atoms with Crippen LogP contribution in [0.2, 0.25) is 0 Å². The molecule has 0 aliphatic heterocycles. The second-order valence-corrected chi connectivity index (χ2v) is 4.64. The number of rotatable bonds is 3. The highest BCUT2D eigenvalue weighted by Gasteiger charge is 2.19. The van der Waals surface area contributed by atoms with Crippen LogP contribution in [-0.4, -0.2) is 6.04 Å². The summed E-state index contributed by atoms with van der Waals surface area (Å²) in [4.78, 5) is 0. The maximum atomic E-state index is 5.97. The topological polar surface area (TPSA) is 26.0 Å². The first kappa shape index (κ1) is 10.8. The first-order valence-corrected chi connectivity index (χ1v) is 5.59. The van der Waals surface area contributed by atoms with Gasteiger partial charge in [-0.1, -0.05) is 38.8 Å². The van der Waals surface area contributed by atoms with E-state index < -0.39 is 0 Å². The lowest BCUT2D eigenvalue weighted by molar-refractivity contribution is 0.433. The van der Waals surface area contributed by atoms with Crippen molar-refractivity contribution in [2.45, 2.75) is 52.5 Å². The SMILES string of the molecule is CCCC(C)C1=CC(N)CC(C)C1. The van der Waals surface area contributed by atoms with Gasteiger partial charge in [0.1, 0.15) is 0 Å². The van der Waals surface area contributed by atoms with Gasteiger partial charge in [-0.3, -0.25) is 0 Å². The van der Waals surface area contributed by atoms with Crippen molar-refractivity contribution in [3.63, 3.8) is 0 Å². The maximum absolute atomic E-state index is 5.97. The Morgan fingerprint density at radius 1 is 1.62 bits per heavy atom. The molecule has 0 aromatic heterocycles. The molecule has 0 aromatic carbocycles. The molecule has 2 N–H and O–H groups in total. The second-order valence-electron chi connectivity index (χ2n) is 4.64. The quantitative estimate of drug-likeness (QED) is 0.665. The molecule has 1 aliphatic rings. The van der Waals surface area contributed by atoms with Crippen LogP contribution in [0.15, 0.2) is 11.6 Å². The summed E-state index contributed by atoms with van der Waals surface area (Å²) >= 11 is 0. The first-order chi connectivity index (χ1) is 6.13. The number of hydrogen-bond acceptors (Lipinski definition) is 1. The zero-order valence-electron chi connectivity index (χ0n) is 9.22. The standard InChI is InChI=1S/C12H23N/c1-4-5-10(3)11-6-9(2)7-12(13)8-11/h8-10,12H,4-7,13H2,1-3H3. The minimum absolute atomic E-state index is 0.318. The predicted octanol–water partition coefficient (Wildman–Crippen LogP) is 3.11. The van der Waals surface area contributed by atoms with Gasteiger partial charge in [-0.2, -0.15) is 0 Å². The van der Waals surface area contributed by atoms with E-state index in [2.05, 4.69) is 26.8 Å². The van der Waals surface area contributed by atoms with Crippen molar-refractivity contribution in [2.24, 2.45) is 17.6 Å². The molecule has 3 unspecified atom stereocenters. The smallest absolute Gasteiger partial charge is 0.0229 e. The van der Waals surface area contributed by atoms with Crippen LogP contribution in [-0.2, 0) is 0 Å². The summed E-state index contributed by atoms with van der Waals surface area (Å²) in [5, 5.41) is 0. The van der Waals surface area contributed by atoms with Gasteiger partial charge in [-0.15, -0.1) is 0 Å². The van der Waals surface area contributed by atoms with E-state index in [-0.39, 0.29) is 0 Å². The molecule has 1 nitrogen and oxygen atoms in total. The average Bonchev–Trinajstić information content (AvgIpc) is 2.03. The van der Waals surface area contributed by atoms with Gasteiger partial charge in [0.05, 0.1) is 0 Å². The van der Waals surface area contributed by atoms with Crippen LogP contribution in [0.4, 0.5) is 0 Å². The van der Waals surface area contributed by atoms with E-state index >= 15 is 0 Å². The second kappa shape index (κ2) is 4.80. The maximum Gasteiger partial charge on any atom is 0.0229 e. The van der Waals surface area contributed by atoms with Crippen molar-refractivity contribution < 1.29 is 0 Å². The molecule has 0 bridgehead atoms. The molecule has 1 rings (SSSR count). The summed E-state index contributed by atoms with van der Waals surface area (Å²) in [6.07, 6.45) is 7.34. The average molecular weight is 181 g/mol. The zero-order valence-corrected chi connectivity index (χ0v) is 9.22. The van der Waals surface area contributed by atoms with E-state index in [0.717, 1.165) is 11.8 Å². The van der Waals surface area contributed by atoms with Crippen LogP contribution >= 0.6 is 0 Å². The Morgan fingerprint density at radius 3 is 2.85 bits per heavy atom. The fourth-order valence-corrected chi connectivity index (χ4v) is 2.35. The van der Waals surface area contributed by atoms with Gasteiger partial charge in [0.25, 0.3) is 0 Å². The molecule has 0 saturated carbocycles.